The Morgan fingerprint density at radius 3 is 2.67 bits per heavy atom. The summed E-state index contributed by atoms with van der Waals surface area (Å²) < 4.78 is 6.98. The number of hydrogen-bond acceptors (Lipinski definition) is 2. The summed E-state index contributed by atoms with van der Waals surface area (Å²) in [4.78, 5) is 0. The normalized spacial score (nSPS) is 12.2. The molecule has 0 amide bonds. The first-order valence-corrected chi connectivity index (χ1v) is 8.05. The van der Waals surface area contributed by atoms with E-state index in [0.717, 1.165) is 33.3 Å². The molecule has 0 saturated carbocycles. The highest BCUT2D eigenvalue weighted by atomic mass is 79.9. The maximum Gasteiger partial charge on any atom is 0.125 e. The fraction of sp³-hybridized carbons (Fsp3) is 0.294. The van der Waals surface area contributed by atoms with E-state index in [1.54, 1.807) is 0 Å². The number of halogens is 2. The third-order valence-corrected chi connectivity index (χ3v) is 4.07. The van der Waals surface area contributed by atoms with Crippen molar-refractivity contribution >= 4 is 27.5 Å². The van der Waals surface area contributed by atoms with Crippen molar-refractivity contribution < 1.29 is 4.74 Å². The Hall–Kier alpha value is -1.03. The first-order chi connectivity index (χ1) is 9.97. The molecule has 2 nitrogen and oxygen atoms in total. The van der Waals surface area contributed by atoms with Crippen molar-refractivity contribution in [2.45, 2.75) is 32.9 Å². The fourth-order valence-corrected chi connectivity index (χ4v) is 2.94. The smallest absolute Gasteiger partial charge is 0.125 e. The Kier molecular flexibility index (Phi) is 5.68. The topological polar surface area (TPSA) is 35.2 Å². The Labute approximate surface area is 139 Å². The average Bonchev–Trinajstić information content (AvgIpc) is 2.39. The van der Waals surface area contributed by atoms with E-state index in [1.165, 1.54) is 0 Å². The number of para-hydroxylation sites is 1. The molecule has 112 valence electrons. The molecule has 0 aliphatic heterocycles. The van der Waals surface area contributed by atoms with Gasteiger partial charge in [0.15, 0.2) is 0 Å². The van der Waals surface area contributed by atoms with E-state index in [1.807, 2.05) is 44.2 Å². The van der Waals surface area contributed by atoms with Gasteiger partial charge >= 0.3 is 0 Å². The molecule has 1 unspecified atom stereocenters. The molecule has 21 heavy (non-hydrogen) atoms. The Balaban J connectivity index is 2.19. The van der Waals surface area contributed by atoms with Crippen LogP contribution >= 0.6 is 27.5 Å². The summed E-state index contributed by atoms with van der Waals surface area (Å²) in [6, 6.07) is 12.1. The van der Waals surface area contributed by atoms with Gasteiger partial charge in [-0.15, -0.1) is 0 Å². The zero-order chi connectivity index (χ0) is 15.4. The van der Waals surface area contributed by atoms with E-state index < -0.39 is 0 Å². The molecule has 1 atom stereocenters. The summed E-state index contributed by atoms with van der Waals surface area (Å²) in [6.07, 6.45) is 0.797. The maximum atomic E-state index is 6.23. The van der Waals surface area contributed by atoms with Gasteiger partial charge in [-0.1, -0.05) is 51.8 Å². The molecule has 0 radical (unpaired) electrons. The fourth-order valence-electron chi connectivity index (χ4n) is 2.22. The molecule has 2 aromatic carbocycles. The molecule has 0 spiro atoms. The van der Waals surface area contributed by atoms with Crippen LogP contribution < -0.4 is 10.5 Å². The molecular formula is C17H19BrClNO. The number of benzene rings is 2. The highest BCUT2D eigenvalue weighted by Gasteiger charge is 2.10. The van der Waals surface area contributed by atoms with Crippen LogP contribution in [0.25, 0.3) is 0 Å². The van der Waals surface area contributed by atoms with Gasteiger partial charge in [0.05, 0.1) is 0 Å². The summed E-state index contributed by atoms with van der Waals surface area (Å²) in [5.41, 5.74) is 9.13. The molecule has 0 aromatic heterocycles. The molecule has 0 saturated heterocycles. The number of aryl methyl sites for hydroxylation is 1. The van der Waals surface area contributed by atoms with Gasteiger partial charge in [-0.05, 0) is 43.5 Å². The second-order valence-electron chi connectivity index (χ2n) is 5.27. The number of ether oxygens (including phenoxy) is 1. The van der Waals surface area contributed by atoms with Crippen LogP contribution in [-0.4, -0.2) is 6.04 Å². The first kappa shape index (κ1) is 16.3. The monoisotopic (exact) mass is 367 g/mol. The Morgan fingerprint density at radius 1 is 1.24 bits per heavy atom. The van der Waals surface area contributed by atoms with Crippen molar-refractivity contribution in [1.82, 2.24) is 0 Å². The Morgan fingerprint density at radius 2 is 2.00 bits per heavy atom. The standard InChI is InChI=1S/C17H19BrClNO/c1-11-4-3-5-13(8-12(2)20)17(11)21-10-14-6-7-15(18)9-16(14)19/h3-7,9,12H,8,10,20H2,1-2H3. The van der Waals surface area contributed by atoms with Crippen molar-refractivity contribution in [2.24, 2.45) is 5.73 Å². The van der Waals surface area contributed by atoms with Crippen molar-refractivity contribution in [3.8, 4) is 5.75 Å². The second kappa shape index (κ2) is 7.30. The van der Waals surface area contributed by atoms with Gasteiger partial charge < -0.3 is 10.5 Å². The number of nitrogens with two attached hydrogens (primary N) is 1. The molecule has 0 fully saturated rings. The summed E-state index contributed by atoms with van der Waals surface area (Å²) >= 11 is 9.63. The van der Waals surface area contributed by atoms with E-state index in [9.17, 15) is 0 Å². The van der Waals surface area contributed by atoms with E-state index in [4.69, 9.17) is 22.1 Å². The van der Waals surface area contributed by atoms with E-state index in [0.29, 0.717) is 11.6 Å². The van der Waals surface area contributed by atoms with Crippen molar-refractivity contribution in [3.05, 3.63) is 62.6 Å². The average molecular weight is 369 g/mol. The van der Waals surface area contributed by atoms with Crippen molar-refractivity contribution in [3.63, 3.8) is 0 Å². The second-order valence-corrected chi connectivity index (χ2v) is 6.59. The number of rotatable bonds is 5. The summed E-state index contributed by atoms with van der Waals surface area (Å²) in [5.74, 6) is 0.911. The molecule has 2 rings (SSSR count). The molecular weight excluding hydrogens is 350 g/mol. The lowest BCUT2D eigenvalue weighted by Crippen LogP contribution is -2.18. The van der Waals surface area contributed by atoms with Crippen LogP contribution in [0, 0.1) is 6.92 Å². The van der Waals surface area contributed by atoms with Crippen LogP contribution in [0.5, 0.6) is 5.75 Å². The molecule has 0 bridgehead atoms. The highest BCUT2D eigenvalue weighted by molar-refractivity contribution is 9.10. The van der Waals surface area contributed by atoms with Gasteiger partial charge in [-0.25, -0.2) is 0 Å². The summed E-state index contributed by atoms with van der Waals surface area (Å²) in [6.45, 7) is 4.49. The maximum absolute atomic E-state index is 6.23. The van der Waals surface area contributed by atoms with Crippen LogP contribution in [0.4, 0.5) is 0 Å². The van der Waals surface area contributed by atoms with Crippen LogP contribution in [-0.2, 0) is 13.0 Å². The zero-order valence-electron chi connectivity index (χ0n) is 12.2. The van der Waals surface area contributed by atoms with Gasteiger partial charge in [0, 0.05) is 21.1 Å². The van der Waals surface area contributed by atoms with Gasteiger partial charge in [-0.2, -0.15) is 0 Å². The van der Waals surface area contributed by atoms with Crippen molar-refractivity contribution in [1.29, 1.82) is 0 Å². The van der Waals surface area contributed by atoms with E-state index in [2.05, 4.69) is 22.0 Å². The molecule has 0 heterocycles. The molecule has 2 aromatic rings. The van der Waals surface area contributed by atoms with Crippen LogP contribution in [0.3, 0.4) is 0 Å². The summed E-state index contributed by atoms with van der Waals surface area (Å²) in [7, 11) is 0. The zero-order valence-corrected chi connectivity index (χ0v) is 14.5. The van der Waals surface area contributed by atoms with Crippen LogP contribution in [0.15, 0.2) is 40.9 Å². The summed E-state index contributed by atoms with van der Waals surface area (Å²) in [5, 5.41) is 0.701. The molecule has 0 aliphatic carbocycles. The minimum atomic E-state index is 0.102. The Bertz CT molecular complexity index is 628. The largest absolute Gasteiger partial charge is 0.488 e. The predicted octanol–water partition coefficient (Wildman–Crippen LogP) is 4.88. The predicted molar refractivity (Wildman–Crippen MR) is 92.0 cm³/mol. The first-order valence-electron chi connectivity index (χ1n) is 6.88. The van der Waals surface area contributed by atoms with Gasteiger partial charge in [-0.3, -0.25) is 0 Å². The minimum absolute atomic E-state index is 0.102. The molecule has 4 heteroatoms. The quantitative estimate of drug-likeness (QED) is 0.816. The van der Waals surface area contributed by atoms with E-state index in [-0.39, 0.29) is 6.04 Å². The number of hydrogen-bond donors (Lipinski definition) is 1. The van der Waals surface area contributed by atoms with Crippen LogP contribution in [0.2, 0.25) is 5.02 Å². The minimum Gasteiger partial charge on any atom is -0.488 e. The molecule has 0 aliphatic rings. The molecule has 2 N–H and O–H groups in total. The lowest BCUT2D eigenvalue weighted by atomic mass is 10.0. The van der Waals surface area contributed by atoms with Gasteiger partial charge in [0.2, 0.25) is 0 Å². The lowest BCUT2D eigenvalue weighted by Gasteiger charge is -2.16. The van der Waals surface area contributed by atoms with Gasteiger partial charge in [0.1, 0.15) is 12.4 Å². The van der Waals surface area contributed by atoms with Crippen molar-refractivity contribution in [2.75, 3.05) is 0 Å². The van der Waals surface area contributed by atoms with Gasteiger partial charge in [0.25, 0.3) is 0 Å². The van der Waals surface area contributed by atoms with E-state index >= 15 is 0 Å². The SMILES string of the molecule is Cc1cccc(CC(C)N)c1OCc1ccc(Br)cc1Cl. The van der Waals surface area contributed by atoms with Crippen LogP contribution in [0.1, 0.15) is 23.6 Å². The lowest BCUT2D eigenvalue weighted by molar-refractivity contribution is 0.300. The highest BCUT2D eigenvalue weighted by Crippen LogP contribution is 2.27. The third-order valence-electron chi connectivity index (χ3n) is 3.22. The third kappa shape index (κ3) is 4.47.